The van der Waals surface area contributed by atoms with Crippen molar-refractivity contribution in [3.8, 4) is 0 Å². The van der Waals surface area contributed by atoms with E-state index < -0.39 is 14.5 Å². The zero-order chi connectivity index (χ0) is 27.3. The van der Waals surface area contributed by atoms with Crippen molar-refractivity contribution in [2.45, 2.75) is 227 Å². The van der Waals surface area contributed by atoms with E-state index in [-0.39, 0.29) is 12.4 Å². The Bertz CT molecular complexity index is 624. The van der Waals surface area contributed by atoms with Gasteiger partial charge in [0, 0.05) is 0 Å². The molecule has 0 atom stereocenters. The molecule has 6 aliphatic rings. The minimum absolute atomic E-state index is 0. The average molecular weight is 625 g/mol. The second-order valence-corrected chi connectivity index (χ2v) is 24.6. The Morgan fingerprint density at radius 1 is 0.293 bits per heavy atom. The monoisotopic (exact) mass is 624 g/mol. The lowest BCUT2D eigenvalue weighted by atomic mass is 9.99. The van der Waals surface area contributed by atoms with E-state index in [1.54, 1.807) is 0 Å². The molecule has 6 rings (SSSR count). The van der Waals surface area contributed by atoms with Crippen molar-refractivity contribution in [2.75, 3.05) is 0 Å². The van der Waals surface area contributed by atoms with E-state index >= 15 is 4.79 Å². The van der Waals surface area contributed by atoms with E-state index in [9.17, 15) is 0 Å². The highest BCUT2D eigenvalue weighted by Gasteiger charge is 2.76. The fraction of sp³-hybridized carbons (Fsp3) is 0.973. The quantitative estimate of drug-likeness (QED) is 0.245. The van der Waals surface area contributed by atoms with Crippen molar-refractivity contribution < 1.29 is 4.79 Å². The van der Waals surface area contributed by atoms with Crippen LogP contribution in [0.25, 0.3) is 0 Å². The first-order chi connectivity index (χ1) is 19.8. The van der Waals surface area contributed by atoms with Crippen molar-refractivity contribution in [1.29, 1.82) is 0 Å². The van der Waals surface area contributed by atoms with Crippen LogP contribution in [0.2, 0.25) is 0 Å². The highest BCUT2D eigenvalue weighted by molar-refractivity contribution is 8.16. The van der Waals surface area contributed by atoms with Gasteiger partial charge in [0.05, 0.1) is 34.0 Å². The molecule has 0 unspecified atom stereocenters. The normalized spacial score (nSPS) is 28.3. The van der Waals surface area contributed by atoms with Crippen LogP contribution in [0, 0.1) is 0 Å². The highest BCUT2D eigenvalue weighted by atomic mass is 35.5. The molecule has 0 saturated heterocycles. The van der Waals surface area contributed by atoms with E-state index in [0.717, 1.165) is 34.0 Å². The lowest BCUT2D eigenvalue weighted by molar-refractivity contribution is 0.271. The van der Waals surface area contributed by atoms with Crippen molar-refractivity contribution in [3.63, 3.8) is 0 Å². The van der Waals surface area contributed by atoms with Gasteiger partial charge in [-0.15, -0.1) is 12.4 Å². The fourth-order valence-electron chi connectivity index (χ4n) is 12.1. The van der Waals surface area contributed by atoms with Gasteiger partial charge in [0.2, 0.25) is 0 Å². The molecule has 41 heavy (non-hydrogen) atoms. The summed E-state index contributed by atoms with van der Waals surface area (Å²) in [5.41, 5.74) is 5.06. The molecule has 1 nitrogen and oxygen atoms in total. The average Bonchev–Trinajstić information content (AvgIpc) is 3.05. The van der Waals surface area contributed by atoms with E-state index in [1.165, 1.54) is 198 Å². The second-order valence-electron chi connectivity index (χ2n) is 15.7. The number of hydrogen-bond acceptors (Lipinski definition) is 1. The molecule has 0 aromatic rings. The molecule has 0 amide bonds. The maximum absolute atomic E-state index is 17.0. The minimum atomic E-state index is -1.72. The largest absolute Gasteiger partial charge is 0.397 e. The van der Waals surface area contributed by atoms with Gasteiger partial charge in [0.25, 0.3) is 0 Å². The van der Waals surface area contributed by atoms with Crippen LogP contribution in [0.15, 0.2) is 0 Å². The minimum Gasteiger partial charge on any atom is -0.211 e. The third kappa shape index (κ3) is 6.56. The molecule has 0 heterocycles. The smallest absolute Gasteiger partial charge is 0.211 e. The standard InChI is InChI=1S/C37H66OP2.ClH/c38-37(39(31-19-7-1-8-20-31,32-21-9-2-10-22-32)33-23-11-3-12-24-33)40(34-25-13-4-14-26-34,35-27-15-5-16-28-35)36-29-17-6-18-30-36;/h31-36H,1-30H2;1H/q+2;. The molecule has 6 aliphatic carbocycles. The molecular weight excluding hydrogens is 558 g/mol. The SMILES string of the molecule is Cl.O=C([P+](C1CCCCC1)(C1CCCCC1)C1CCCCC1)[P+](C1CCCCC1)(C1CCCCC1)C1CCCCC1. The van der Waals surface area contributed by atoms with Gasteiger partial charge in [-0.3, -0.25) is 0 Å². The van der Waals surface area contributed by atoms with Crippen molar-refractivity contribution in [3.05, 3.63) is 0 Å². The molecule has 0 N–H and O–H groups in total. The summed E-state index contributed by atoms with van der Waals surface area (Å²) in [5, 5.41) is 1.22. The number of hydrogen-bond donors (Lipinski definition) is 0. The molecule has 0 aliphatic heterocycles. The van der Waals surface area contributed by atoms with Gasteiger partial charge in [-0.05, 0) is 154 Å². The molecule has 4 heteroatoms. The summed E-state index contributed by atoms with van der Waals surface area (Å²) in [4.78, 5) is 17.0. The summed E-state index contributed by atoms with van der Waals surface area (Å²) in [5.74, 6) is 0. The van der Waals surface area contributed by atoms with Crippen LogP contribution in [0.5, 0.6) is 0 Å². The molecular formula is C37H67ClOP2+2. The van der Waals surface area contributed by atoms with Gasteiger partial charge < -0.3 is 0 Å². The van der Waals surface area contributed by atoms with Crippen LogP contribution in [-0.4, -0.2) is 39.2 Å². The summed E-state index contributed by atoms with van der Waals surface area (Å²) in [6.45, 7) is 0. The van der Waals surface area contributed by atoms with Gasteiger partial charge in [0.15, 0.2) is 0 Å². The molecule has 0 radical (unpaired) electrons. The molecule has 6 fully saturated rings. The van der Waals surface area contributed by atoms with Gasteiger partial charge in [-0.1, -0.05) is 38.5 Å². The van der Waals surface area contributed by atoms with Crippen LogP contribution < -0.4 is 0 Å². The van der Waals surface area contributed by atoms with Crippen LogP contribution in [0.4, 0.5) is 4.79 Å². The van der Waals surface area contributed by atoms with Crippen LogP contribution in [-0.2, 0) is 0 Å². The van der Waals surface area contributed by atoms with E-state index in [0.29, 0.717) is 0 Å². The van der Waals surface area contributed by atoms with Crippen molar-refractivity contribution >= 4 is 32.2 Å². The molecule has 236 valence electrons. The summed E-state index contributed by atoms with van der Waals surface area (Å²) in [6, 6.07) is 0. The first-order valence-electron chi connectivity index (χ1n) is 19.1. The molecule has 6 saturated carbocycles. The first-order valence-corrected chi connectivity index (χ1v) is 23.1. The summed E-state index contributed by atoms with van der Waals surface area (Å²) in [6.07, 6.45) is 43.5. The van der Waals surface area contributed by atoms with Gasteiger partial charge in [0.1, 0.15) is 14.5 Å². The lowest BCUT2D eigenvalue weighted by Gasteiger charge is -2.52. The third-order valence-corrected chi connectivity index (χ3v) is 27.5. The second kappa shape index (κ2) is 15.9. The molecule has 0 aromatic heterocycles. The van der Waals surface area contributed by atoms with E-state index in [2.05, 4.69) is 0 Å². The molecule has 0 aromatic carbocycles. The Morgan fingerprint density at radius 3 is 0.585 bits per heavy atom. The molecule has 0 spiro atoms. The highest BCUT2D eigenvalue weighted by Crippen LogP contribution is 2.91. The van der Waals surface area contributed by atoms with Crippen molar-refractivity contribution in [1.82, 2.24) is 0 Å². The van der Waals surface area contributed by atoms with Gasteiger partial charge in [-0.2, -0.15) is 0 Å². The zero-order valence-electron chi connectivity index (χ0n) is 26.9. The van der Waals surface area contributed by atoms with Crippen LogP contribution in [0.3, 0.4) is 0 Å². The number of rotatable bonds is 8. The number of carbonyl (C=O) groups excluding carboxylic acids is 1. The predicted molar refractivity (Wildman–Crippen MR) is 188 cm³/mol. The summed E-state index contributed by atoms with van der Waals surface area (Å²) < 4.78 is 0. The third-order valence-electron chi connectivity index (χ3n) is 13.7. The number of carbonyl (C=O) groups is 1. The maximum Gasteiger partial charge on any atom is 0.397 e. The van der Waals surface area contributed by atoms with Crippen molar-refractivity contribution in [2.24, 2.45) is 0 Å². The van der Waals surface area contributed by atoms with Gasteiger partial charge >= 0.3 is 5.27 Å². The topological polar surface area (TPSA) is 17.1 Å². The van der Waals surface area contributed by atoms with Crippen LogP contribution >= 0.6 is 26.9 Å². The van der Waals surface area contributed by atoms with Gasteiger partial charge in [-0.25, -0.2) is 4.79 Å². The number of halogens is 1. The Labute approximate surface area is 262 Å². The first kappa shape index (κ1) is 33.2. The van der Waals surface area contributed by atoms with E-state index in [1.807, 2.05) is 0 Å². The Kier molecular flexibility index (Phi) is 12.9. The summed E-state index contributed by atoms with van der Waals surface area (Å²) >= 11 is 0. The predicted octanol–water partition coefficient (Wildman–Crippen LogP) is 13.6. The molecule has 0 bridgehead atoms. The zero-order valence-corrected chi connectivity index (χ0v) is 29.5. The van der Waals surface area contributed by atoms with Crippen LogP contribution in [0.1, 0.15) is 193 Å². The Hall–Kier alpha value is 0.820. The summed E-state index contributed by atoms with van der Waals surface area (Å²) in [7, 11) is -3.45. The fourth-order valence-corrected chi connectivity index (χ4v) is 30.2. The van der Waals surface area contributed by atoms with E-state index in [4.69, 9.17) is 0 Å². The maximum atomic E-state index is 17.0. The Morgan fingerprint density at radius 2 is 0.439 bits per heavy atom. The Balaban J connectivity index is 0.00000337. The lowest BCUT2D eigenvalue weighted by Crippen LogP contribution is -2.46.